The van der Waals surface area contributed by atoms with Gasteiger partial charge in [-0.15, -0.1) is 11.3 Å². The molecule has 0 aromatic carbocycles. The summed E-state index contributed by atoms with van der Waals surface area (Å²) in [7, 11) is 0. The van der Waals surface area contributed by atoms with Gasteiger partial charge >= 0.3 is 6.18 Å². The van der Waals surface area contributed by atoms with E-state index < -0.39 is 11.7 Å². The first-order valence-electron chi connectivity index (χ1n) is 6.14. The van der Waals surface area contributed by atoms with Crippen molar-refractivity contribution in [3.05, 3.63) is 40.0 Å². The Morgan fingerprint density at radius 2 is 2.10 bits per heavy atom. The van der Waals surface area contributed by atoms with Crippen molar-refractivity contribution in [2.75, 3.05) is 5.32 Å². The number of aryl methyl sites for hydroxylation is 1. The van der Waals surface area contributed by atoms with E-state index >= 15 is 0 Å². The number of hydrogen-bond acceptors (Lipinski definition) is 4. The Kier molecular flexibility index (Phi) is 4.27. The van der Waals surface area contributed by atoms with Crippen LogP contribution in [0, 0.1) is 0 Å². The van der Waals surface area contributed by atoms with Gasteiger partial charge in [0.15, 0.2) is 0 Å². The molecule has 108 valence electrons. The summed E-state index contributed by atoms with van der Waals surface area (Å²) in [6, 6.07) is 1.77. The highest BCUT2D eigenvalue weighted by molar-refractivity contribution is 7.11. The Hall–Kier alpha value is -1.63. The normalized spacial score (nSPS) is 13.2. The zero-order valence-electron chi connectivity index (χ0n) is 11.0. The van der Waals surface area contributed by atoms with E-state index in [-0.39, 0.29) is 11.9 Å². The molecule has 0 saturated carbocycles. The fraction of sp³-hybridized carbons (Fsp3) is 0.385. The molecule has 0 bridgehead atoms. The lowest BCUT2D eigenvalue weighted by atomic mass is 10.2. The summed E-state index contributed by atoms with van der Waals surface area (Å²) in [6.45, 7) is 3.88. The van der Waals surface area contributed by atoms with Crippen molar-refractivity contribution in [3.8, 4) is 0 Å². The molecule has 0 aliphatic carbocycles. The molecule has 20 heavy (non-hydrogen) atoms. The van der Waals surface area contributed by atoms with Crippen LogP contribution < -0.4 is 5.32 Å². The third-order valence-corrected chi connectivity index (χ3v) is 4.07. The molecule has 0 saturated heterocycles. The third-order valence-electron chi connectivity index (χ3n) is 2.74. The van der Waals surface area contributed by atoms with Crippen LogP contribution >= 0.6 is 11.3 Å². The molecule has 0 fully saturated rings. The largest absolute Gasteiger partial charge is 0.416 e. The minimum atomic E-state index is -4.36. The number of halogens is 3. The lowest BCUT2D eigenvalue weighted by molar-refractivity contribution is -0.137. The van der Waals surface area contributed by atoms with Crippen LogP contribution in [0.2, 0.25) is 0 Å². The first-order valence-corrected chi connectivity index (χ1v) is 6.96. The van der Waals surface area contributed by atoms with Crippen LogP contribution in [0.25, 0.3) is 0 Å². The van der Waals surface area contributed by atoms with Gasteiger partial charge in [0.2, 0.25) is 0 Å². The van der Waals surface area contributed by atoms with Crippen molar-refractivity contribution in [2.45, 2.75) is 32.5 Å². The smallest absolute Gasteiger partial charge is 0.361 e. The number of aromatic nitrogens is 2. The van der Waals surface area contributed by atoms with Gasteiger partial charge in [-0.3, -0.25) is 0 Å². The van der Waals surface area contributed by atoms with E-state index in [2.05, 4.69) is 15.3 Å². The number of pyridine rings is 1. The quantitative estimate of drug-likeness (QED) is 0.915. The number of rotatable bonds is 4. The number of nitrogens with one attached hydrogen (secondary N) is 1. The van der Waals surface area contributed by atoms with E-state index in [0.29, 0.717) is 0 Å². The fourth-order valence-electron chi connectivity index (χ4n) is 1.66. The molecule has 3 nitrogen and oxygen atoms in total. The zero-order chi connectivity index (χ0) is 14.8. The predicted molar refractivity (Wildman–Crippen MR) is 72.8 cm³/mol. The second kappa shape index (κ2) is 5.78. The van der Waals surface area contributed by atoms with Crippen LogP contribution in [0.1, 0.15) is 35.3 Å². The van der Waals surface area contributed by atoms with Gasteiger partial charge in [-0.1, -0.05) is 6.92 Å². The second-order valence-electron chi connectivity index (χ2n) is 4.31. The molecule has 0 amide bonds. The molecular weight excluding hydrogens is 287 g/mol. The van der Waals surface area contributed by atoms with Gasteiger partial charge in [0.1, 0.15) is 10.8 Å². The van der Waals surface area contributed by atoms with Gasteiger partial charge in [-0.05, 0) is 25.5 Å². The molecule has 7 heteroatoms. The number of thiazole rings is 1. The molecule has 1 unspecified atom stereocenters. The molecule has 1 atom stereocenters. The average molecular weight is 301 g/mol. The lowest BCUT2D eigenvalue weighted by Gasteiger charge is -2.13. The molecule has 2 rings (SSSR count). The average Bonchev–Trinajstić information content (AvgIpc) is 2.87. The molecule has 2 aromatic rings. The number of hydrogen-bond donors (Lipinski definition) is 1. The Labute approximate surface area is 118 Å². The van der Waals surface area contributed by atoms with Crippen LogP contribution in [0.5, 0.6) is 0 Å². The first-order chi connectivity index (χ1) is 9.40. The van der Waals surface area contributed by atoms with Crippen LogP contribution in [0.15, 0.2) is 24.5 Å². The van der Waals surface area contributed by atoms with E-state index in [1.807, 2.05) is 13.8 Å². The topological polar surface area (TPSA) is 37.8 Å². The molecule has 2 aromatic heterocycles. The SMILES string of the molecule is CCc1cnc(C(C)Nc2cc(C(F)(F)F)ccn2)s1. The summed E-state index contributed by atoms with van der Waals surface area (Å²) in [5.41, 5.74) is -0.712. The summed E-state index contributed by atoms with van der Waals surface area (Å²) in [5, 5.41) is 3.78. The molecular formula is C13H14F3N3S. The maximum absolute atomic E-state index is 12.6. The van der Waals surface area contributed by atoms with Gasteiger partial charge in [-0.2, -0.15) is 13.2 Å². The lowest BCUT2D eigenvalue weighted by Crippen LogP contribution is -2.10. The van der Waals surface area contributed by atoms with Gasteiger partial charge in [0, 0.05) is 17.3 Å². The van der Waals surface area contributed by atoms with Crippen LogP contribution in [-0.4, -0.2) is 9.97 Å². The molecule has 1 N–H and O–H groups in total. The number of nitrogens with zero attached hydrogens (tertiary/aromatic N) is 2. The Morgan fingerprint density at radius 3 is 2.70 bits per heavy atom. The number of alkyl halides is 3. The van der Waals surface area contributed by atoms with Crippen molar-refractivity contribution in [2.24, 2.45) is 0 Å². The van der Waals surface area contributed by atoms with Gasteiger partial charge in [0.05, 0.1) is 11.6 Å². The summed E-state index contributed by atoms with van der Waals surface area (Å²) in [5.74, 6) is 0.195. The van der Waals surface area contributed by atoms with Crippen molar-refractivity contribution in [1.82, 2.24) is 9.97 Å². The monoisotopic (exact) mass is 301 g/mol. The highest BCUT2D eigenvalue weighted by Gasteiger charge is 2.30. The van der Waals surface area contributed by atoms with Crippen molar-refractivity contribution in [1.29, 1.82) is 0 Å². The summed E-state index contributed by atoms with van der Waals surface area (Å²) < 4.78 is 37.8. The van der Waals surface area contributed by atoms with Crippen LogP contribution in [-0.2, 0) is 12.6 Å². The number of anilines is 1. The Morgan fingerprint density at radius 1 is 1.35 bits per heavy atom. The van der Waals surface area contributed by atoms with E-state index in [1.165, 1.54) is 0 Å². The molecule has 0 aliphatic rings. The van der Waals surface area contributed by atoms with E-state index in [4.69, 9.17) is 0 Å². The van der Waals surface area contributed by atoms with E-state index in [1.54, 1.807) is 17.5 Å². The summed E-state index contributed by atoms with van der Waals surface area (Å²) >= 11 is 1.55. The predicted octanol–water partition coefficient (Wildman–Crippen LogP) is 4.29. The molecule has 2 heterocycles. The minimum absolute atomic E-state index is 0.184. The first kappa shape index (κ1) is 14.8. The molecule has 0 spiro atoms. The Bertz CT molecular complexity index is 580. The second-order valence-corrected chi connectivity index (χ2v) is 5.46. The van der Waals surface area contributed by atoms with E-state index in [0.717, 1.165) is 34.6 Å². The minimum Gasteiger partial charge on any atom is -0.361 e. The Balaban J connectivity index is 2.13. The van der Waals surface area contributed by atoms with Gasteiger partial charge in [-0.25, -0.2) is 9.97 Å². The van der Waals surface area contributed by atoms with Gasteiger partial charge < -0.3 is 5.32 Å². The van der Waals surface area contributed by atoms with Gasteiger partial charge in [0.25, 0.3) is 0 Å². The van der Waals surface area contributed by atoms with Crippen molar-refractivity contribution in [3.63, 3.8) is 0 Å². The van der Waals surface area contributed by atoms with E-state index in [9.17, 15) is 13.2 Å². The summed E-state index contributed by atoms with van der Waals surface area (Å²) in [4.78, 5) is 9.32. The maximum Gasteiger partial charge on any atom is 0.416 e. The molecule has 0 radical (unpaired) electrons. The highest BCUT2D eigenvalue weighted by Crippen LogP contribution is 2.31. The maximum atomic E-state index is 12.6. The zero-order valence-corrected chi connectivity index (χ0v) is 11.8. The van der Waals surface area contributed by atoms with Crippen LogP contribution in [0.4, 0.5) is 19.0 Å². The molecule has 0 aliphatic heterocycles. The highest BCUT2D eigenvalue weighted by atomic mass is 32.1. The van der Waals surface area contributed by atoms with Crippen molar-refractivity contribution >= 4 is 17.2 Å². The third kappa shape index (κ3) is 3.47. The van der Waals surface area contributed by atoms with Crippen molar-refractivity contribution < 1.29 is 13.2 Å². The fourth-order valence-corrected chi connectivity index (χ4v) is 2.52. The standard InChI is InChI=1S/C13H14F3N3S/c1-3-10-7-18-12(20-10)8(2)19-11-6-9(4-5-17-11)13(14,15)16/h4-8H,3H2,1-2H3,(H,17,19). The van der Waals surface area contributed by atoms with Crippen LogP contribution in [0.3, 0.4) is 0 Å². The summed E-state index contributed by atoms with van der Waals surface area (Å²) in [6.07, 6.45) is -0.527.